The lowest BCUT2D eigenvalue weighted by Crippen LogP contribution is -2.48. The third-order valence-electron chi connectivity index (χ3n) is 3.78. The van der Waals surface area contributed by atoms with E-state index < -0.39 is 0 Å². The number of nitrogens with one attached hydrogen (secondary N) is 2. The maximum absolute atomic E-state index is 12.1. The molecule has 1 heterocycles. The van der Waals surface area contributed by atoms with Crippen molar-refractivity contribution in [2.75, 3.05) is 31.5 Å². The summed E-state index contributed by atoms with van der Waals surface area (Å²) in [7, 11) is 0. The highest BCUT2D eigenvalue weighted by Gasteiger charge is 2.23. The average Bonchev–Trinajstić information content (AvgIpc) is 2.47. The quantitative estimate of drug-likeness (QED) is 0.835. The van der Waals surface area contributed by atoms with Crippen LogP contribution in [0.1, 0.15) is 26.2 Å². The number of carbonyl (C=O) groups excluding carboxylic acids is 1. The third kappa shape index (κ3) is 4.62. The molecule has 110 valence electrons. The van der Waals surface area contributed by atoms with Crippen molar-refractivity contribution in [1.82, 2.24) is 10.2 Å². The summed E-state index contributed by atoms with van der Waals surface area (Å²) in [6.45, 7) is 5.61. The maximum atomic E-state index is 12.1. The fourth-order valence-corrected chi connectivity index (χ4v) is 2.72. The Bertz CT molecular complexity index is 407. The molecule has 1 aliphatic rings. The molecule has 2 N–H and O–H groups in total. The minimum absolute atomic E-state index is 0.0830. The van der Waals surface area contributed by atoms with Crippen LogP contribution in [-0.4, -0.2) is 43.0 Å². The zero-order chi connectivity index (χ0) is 14.2. The summed E-state index contributed by atoms with van der Waals surface area (Å²) in [5, 5.41) is 6.36. The van der Waals surface area contributed by atoms with Crippen LogP contribution in [0.25, 0.3) is 0 Å². The number of carbonyl (C=O) groups is 1. The van der Waals surface area contributed by atoms with Gasteiger partial charge in [0, 0.05) is 18.3 Å². The average molecular weight is 275 g/mol. The van der Waals surface area contributed by atoms with Gasteiger partial charge in [-0.15, -0.1) is 0 Å². The zero-order valence-corrected chi connectivity index (χ0v) is 12.3. The SMILES string of the molecule is CCNCC1CCCCN1CC(=O)Nc1ccccc1. The molecule has 1 aliphatic heterocycles. The maximum Gasteiger partial charge on any atom is 0.238 e. The monoisotopic (exact) mass is 275 g/mol. The van der Waals surface area contributed by atoms with Crippen LogP contribution >= 0.6 is 0 Å². The van der Waals surface area contributed by atoms with Crippen molar-refractivity contribution in [3.8, 4) is 0 Å². The Hall–Kier alpha value is -1.39. The first-order chi connectivity index (χ1) is 9.79. The van der Waals surface area contributed by atoms with Gasteiger partial charge in [-0.25, -0.2) is 0 Å². The summed E-state index contributed by atoms with van der Waals surface area (Å²) >= 11 is 0. The molecule has 4 heteroatoms. The number of nitrogens with zero attached hydrogens (tertiary/aromatic N) is 1. The highest BCUT2D eigenvalue weighted by molar-refractivity contribution is 5.92. The Kier molecular flexibility index (Phi) is 6.02. The number of amides is 1. The Morgan fingerprint density at radius 2 is 2.10 bits per heavy atom. The van der Waals surface area contributed by atoms with E-state index in [9.17, 15) is 4.79 Å². The van der Waals surface area contributed by atoms with Crippen molar-refractivity contribution < 1.29 is 4.79 Å². The number of rotatable bonds is 6. The van der Waals surface area contributed by atoms with Crippen LogP contribution in [0.4, 0.5) is 5.69 Å². The van der Waals surface area contributed by atoms with Gasteiger partial charge in [0.05, 0.1) is 6.54 Å². The number of likely N-dealkylation sites (N-methyl/N-ethyl adjacent to an activating group) is 1. The predicted octanol–water partition coefficient (Wildman–Crippen LogP) is 2.09. The van der Waals surface area contributed by atoms with E-state index in [0.717, 1.165) is 25.3 Å². The summed E-state index contributed by atoms with van der Waals surface area (Å²) in [4.78, 5) is 14.4. The molecule has 1 fully saturated rings. The van der Waals surface area contributed by atoms with Crippen LogP contribution in [0.5, 0.6) is 0 Å². The van der Waals surface area contributed by atoms with E-state index in [-0.39, 0.29) is 5.91 Å². The molecule has 1 saturated heterocycles. The number of para-hydroxylation sites is 1. The first-order valence-corrected chi connectivity index (χ1v) is 7.59. The van der Waals surface area contributed by atoms with Crippen molar-refractivity contribution in [2.24, 2.45) is 0 Å². The summed E-state index contributed by atoms with van der Waals surface area (Å²) in [6, 6.07) is 10.2. The highest BCUT2D eigenvalue weighted by Crippen LogP contribution is 2.16. The second-order valence-electron chi connectivity index (χ2n) is 5.34. The van der Waals surface area contributed by atoms with Gasteiger partial charge in [0.15, 0.2) is 0 Å². The standard InChI is InChI=1S/C16H25N3O/c1-2-17-12-15-10-6-7-11-19(15)13-16(20)18-14-8-4-3-5-9-14/h3-5,8-9,15,17H,2,6-7,10-13H2,1H3,(H,18,20). The molecule has 4 nitrogen and oxygen atoms in total. The molecule has 0 aliphatic carbocycles. The fourth-order valence-electron chi connectivity index (χ4n) is 2.72. The van der Waals surface area contributed by atoms with Gasteiger partial charge < -0.3 is 10.6 Å². The summed E-state index contributed by atoms with van der Waals surface area (Å²) in [5.41, 5.74) is 0.873. The molecule has 1 amide bonds. The molecular formula is C16H25N3O. The zero-order valence-electron chi connectivity index (χ0n) is 12.3. The molecule has 2 rings (SSSR count). The fraction of sp³-hybridized carbons (Fsp3) is 0.562. The number of likely N-dealkylation sites (tertiary alicyclic amines) is 1. The van der Waals surface area contributed by atoms with E-state index in [2.05, 4.69) is 22.5 Å². The smallest absolute Gasteiger partial charge is 0.238 e. The molecule has 0 radical (unpaired) electrons. The lowest BCUT2D eigenvalue weighted by atomic mass is 10.0. The lowest BCUT2D eigenvalue weighted by Gasteiger charge is -2.35. The molecular weight excluding hydrogens is 250 g/mol. The van der Waals surface area contributed by atoms with E-state index >= 15 is 0 Å². The van der Waals surface area contributed by atoms with Gasteiger partial charge in [-0.1, -0.05) is 31.5 Å². The molecule has 1 atom stereocenters. The molecule has 1 unspecified atom stereocenters. The van der Waals surface area contributed by atoms with Crippen molar-refractivity contribution in [2.45, 2.75) is 32.2 Å². The Morgan fingerprint density at radius 1 is 1.30 bits per heavy atom. The van der Waals surface area contributed by atoms with Crippen LogP contribution in [0, 0.1) is 0 Å². The van der Waals surface area contributed by atoms with Gasteiger partial charge in [0.1, 0.15) is 0 Å². The molecule has 0 bridgehead atoms. The largest absolute Gasteiger partial charge is 0.325 e. The predicted molar refractivity (Wildman–Crippen MR) is 82.8 cm³/mol. The highest BCUT2D eigenvalue weighted by atomic mass is 16.2. The van der Waals surface area contributed by atoms with Crippen molar-refractivity contribution in [1.29, 1.82) is 0 Å². The first kappa shape index (κ1) is 15.0. The third-order valence-corrected chi connectivity index (χ3v) is 3.78. The minimum Gasteiger partial charge on any atom is -0.325 e. The first-order valence-electron chi connectivity index (χ1n) is 7.59. The van der Waals surface area contributed by atoms with Gasteiger partial charge in [-0.3, -0.25) is 9.69 Å². The Morgan fingerprint density at radius 3 is 2.85 bits per heavy atom. The van der Waals surface area contributed by atoms with Gasteiger partial charge in [-0.2, -0.15) is 0 Å². The Balaban J connectivity index is 1.84. The molecule has 0 aromatic heterocycles. The molecule has 0 spiro atoms. The Labute approximate surface area is 121 Å². The van der Waals surface area contributed by atoms with Gasteiger partial charge in [0.2, 0.25) is 5.91 Å². The lowest BCUT2D eigenvalue weighted by molar-refractivity contribution is -0.118. The van der Waals surface area contributed by atoms with Crippen LogP contribution in [-0.2, 0) is 4.79 Å². The van der Waals surface area contributed by atoms with Crippen molar-refractivity contribution in [3.05, 3.63) is 30.3 Å². The molecule has 0 saturated carbocycles. The van der Waals surface area contributed by atoms with Crippen molar-refractivity contribution >= 4 is 11.6 Å². The second-order valence-corrected chi connectivity index (χ2v) is 5.34. The van der Waals surface area contributed by atoms with Gasteiger partial charge in [0.25, 0.3) is 0 Å². The number of hydrogen-bond donors (Lipinski definition) is 2. The second kappa shape index (κ2) is 8.02. The molecule has 1 aromatic carbocycles. The van der Waals surface area contributed by atoms with E-state index in [0.29, 0.717) is 12.6 Å². The van der Waals surface area contributed by atoms with Gasteiger partial charge in [-0.05, 0) is 38.1 Å². The van der Waals surface area contributed by atoms with E-state index in [1.165, 1.54) is 19.3 Å². The van der Waals surface area contributed by atoms with Crippen LogP contribution in [0.15, 0.2) is 30.3 Å². The number of anilines is 1. The summed E-state index contributed by atoms with van der Waals surface area (Å²) in [5.74, 6) is 0.0830. The topological polar surface area (TPSA) is 44.4 Å². The van der Waals surface area contributed by atoms with Gasteiger partial charge >= 0.3 is 0 Å². The van der Waals surface area contributed by atoms with Crippen LogP contribution in [0.2, 0.25) is 0 Å². The summed E-state index contributed by atoms with van der Waals surface area (Å²) < 4.78 is 0. The number of piperidine rings is 1. The number of hydrogen-bond acceptors (Lipinski definition) is 3. The minimum atomic E-state index is 0.0830. The normalized spacial score (nSPS) is 19.8. The summed E-state index contributed by atoms with van der Waals surface area (Å²) in [6.07, 6.45) is 3.65. The van der Waals surface area contributed by atoms with Crippen LogP contribution < -0.4 is 10.6 Å². The van der Waals surface area contributed by atoms with E-state index in [1.54, 1.807) is 0 Å². The van der Waals surface area contributed by atoms with Crippen LogP contribution in [0.3, 0.4) is 0 Å². The van der Waals surface area contributed by atoms with E-state index in [1.807, 2.05) is 30.3 Å². The molecule has 20 heavy (non-hydrogen) atoms. The molecule has 1 aromatic rings. The number of benzene rings is 1. The van der Waals surface area contributed by atoms with E-state index in [4.69, 9.17) is 0 Å². The van der Waals surface area contributed by atoms with Crippen molar-refractivity contribution in [3.63, 3.8) is 0 Å².